The van der Waals surface area contributed by atoms with Gasteiger partial charge in [-0.15, -0.1) is 0 Å². The first kappa shape index (κ1) is 60.1. The Labute approximate surface area is 378 Å². The van der Waals surface area contributed by atoms with Gasteiger partial charge in [0.05, 0.1) is 11.2 Å². The van der Waals surface area contributed by atoms with Gasteiger partial charge < -0.3 is 50.2 Å². The summed E-state index contributed by atoms with van der Waals surface area (Å²) in [5.41, 5.74) is -26.3. The molecule has 0 radical (unpaired) electrons. The Balaban J connectivity index is 0.000000402. The molecule has 0 saturated carbocycles. The van der Waals surface area contributed by atoms with Gasteiger partial charge in [0.25, 0.3) is 11.2 Å². The van der Waals surface area contributed by atoms with Crippen LogP contribution in [0, 0.1) is 0 Å². The number of hydrogen-bond donors (Lipinski definition) is 10. The minimum Gasteiger partial charge on any atom is -0.387 e. The van der Waals surface area contributed by atoms with Gasteiger partial charge in [0, 0.05) is 0 Å². The molecule has 382 valence electrons. The molecule has 0 aromatic heterocycles. The fourth-order valence-electron chi connectivity index (χ4n) is 5.96. The van der Waals surface area contributed by atoms with Crippen molar-refractivity contribution in [1.82, 2.24) is 0 Å². The van der Waals surface area contributed by atoms with E-state index in [1.165, 1.54) is 24.3 Å². The Morgan fingerprint density at radius 3 is 0.735 bits per heavy atom. The number of phosphoric acid groups is 2. The number of aliphatic hydroxyl groups is 6. The largest absolute Gasteiger partial charge is 0.470 e. The topological polar surface area (TPSA) is 255 Å². The van der Waals surface area contributed by atoms with Gasteiger partial charge in [-0.2, -0.15) is 52.7 Å². The minimum atomic E-state index is -6.54. The van der Waals surface area contributed by atoms with E-state index in [2.05, 4.69) is 9.05 Å². The van der Waals surface area contributed by atoms with Crippen molar-refractivity contribution in [3.8, 4) is 0 Å². The third kappa shape index (κ3) is 13.1. The number of hydrogen-bond acceptors (Lipinski definition) is 10. The highest BCUT2D eigenvalue weighted by Crippen LogP contribution is 2.62. The summed E-state index contributed by atoms with van der Waals surface area (Å²) in [5.74, 6) is 0. The molecular weight excluding hydrogens is 994 g/mol. The molecule has 0 fully saturated rings. The molecule has 0 aliphatic carbocycles. The zero-order valence-electron chi connectivity index (χ0n) is 35.2. The van der Waals surface area contributed by atoms with Crippen molar-refractivity contribution < 1.29 is 121 Å². The number of rotatable bonds is 13. The van der Waals surface area contributed by atoms with Crippen molar-refractivity contribution in [3.63, 3.8) is 0 Å². The number of phosphoric ester groups is 2. The molecule has 0 heterocycles. The van der Waals surface area contributed by atoms with Gasteiger partial charge in [0.15, 0.2) is 11.2 Å². The first-order valence-corrected chi connectivity index (χ1v) is 21.7. The van der Waals surface area contributed by atoms with Gasteiger partial charge in [-0.3, -0.25) is 9.05 Å². The first-order chi connectivity index (χ1) is 30.4. The van der Waals surface area contributed by atoms with E-state index in [0.29, 0.717) is 24.3 Å². The van der Waals surface area contributed by atoms with E-state index in [1.807, 2.05) is 0 Å². The van der Waals surface area contributed by atoms with E-state index in [9.17, 15) is 82.2 Å². The third-order valence-electron chi connectivity index (χ3n) is 10.1. The Morgan fingerprint density at radius 1 is 0.382 bits per heavy atom. The lowest BCUT2D eigenvalue weighted by atomic mass is 9.70. The van der Waals surface area contributed by atoms with Crippen molar-refractivity contribution in [3.05, 3.63) is 144 Å². The molecular formula is C40H44F12O14P2. The Bertz CT molecular complexity index is 2110. The van der Waals surface area contributed by atoms with Gasteiger partial charge in [-0.25, -0.2) is 9.13 Å². The van der Waals surface area contributed by atoms with E-state index in [4.69, 9.17) is 29.8 Å². The van der Waals surface area contributed by atoms with Crippen molar-refractivity contribution >= 4 is 15.6 Å². The highest BCUT2D eigenvalue weighted by Gasteiger charge is 2.83. The Kier molecular flexibility index (Phi) is 18.4. The van der Waals surface area contributed by atoms with E-state index in [1.54, 1.807) is 27.7 Å². The quantitative estimate of drug-likeness (QED) is 0.0455. The Hall–Kier alpha value is -3.98. The average molecular weight is 1040 g/mol. The van der Waals surface area contributed by atoms with E-state index < -0.39 is 108 Å². The Morgan fingerprint density at radius 2 is 0.574 bits per heavy atom. The maximum absolute atomic E-state index is 13.7. The zero-order chi connectivity index (χ0) is 53.0. The summed E-state index contributed by atoms with van der Waals surface area (Å²) in [6, 6.07) is 19.4. The predicted molar refractivity (Wildman–Crippen MR) is 212 cm³/mol. The van der Waals surface area contributed by atoms with E-state index in [0.717, 1.165) is 72.8 Å². The van der Waals surface area contributed by atoms with Crippen molar-refractivity contribution in [2.45, 2.75) is 98.2 Å². The standard InChI is InChI=1S/2C17H15F6O6P.C6H14O2/c2*18-16(19,20)15(25,17(21,22)23)14(24,12-9-5-2-6-10-12)13(29-30(26,27)28)11-7-3-1-4-8-11;1-5(2,7)6(3,4)8/h2*1-10,13,24-25H,(H2,26,27,28);7-8H,1-4H3/t2*13-,14+;/m10./s1. The maximum Gasteiger partial charge on any atom is 0.470 e. The van der Waals surface area contributed by atoms with E-state index >= 15 is 0 Å². The highest BCUT2D eigenvalue weighted by atomic mass is 31.2. The molecule has 28 heteroatoms. The molecule has 0 aliphatic rings. The van der Waals surface area contributed by atoms with Crippen LogP contribution in [-0.2, 0) is 29.4 Å². The number of halogens is 12. The lowest BCUT2D eigenvalue weighted by Crippen LogP contribution is -2.71. The molecule has 0 amide bonds. The first-order valence-electron chi connectivity index (χ1n) is 18.7. The molecule has 0 aliphatic heterocycles. The molecule has 0 bridgehead atoms. The maximum atomic E-state index is 13.7. The molecule has 68 heavy (non-hydrogen) atoms. The molecule has 4 aromatic carbocycles. The van der Waals surface area contributed by atoms with Crippen molar-refractivity contribution in [2.75, 3.05) is 0 Å². The average Bonchev–Trinajstić information content (AvgIpc) is 3.19. The number of alkyl halides is 12. The highest BCUT2D eigenvalue weighted by molar-refractivity contribution is 7.46. The van der Waals surface area contributed by atoms with Crippen LogP contribution < -0.4 is 0 Å². The van der Waals surface area contributed by atoms with Crippen LogP contribution in [0.2, 0.25) is 0 Å². The summed E-state index contributed by atoms with van der Waals surface area (Å²) < 4.78 is 196. The van der Waals surface area contributed by atoms with Crippen LogP contribution in [0.25, 0.3) is 0 Å². The summed E-state index contributed by atoms with van der Waals surface area (Å²) in [5, 5.41) is 60.3. The molecule has 10 N–H and O–H groups in total. The monoisotopic (exact) mass is 1040 g/mol. The normalized spacial score (nSPS) is 16.4. The smallest absolute Gasteiger partial charge is 0.387 e. The van der Waals surface area contributed by atoms with Gasteiger partial charge in [0.1, 0.15) is 12.2 Å². The van der Waals surface area contributed by atoms with Crippen LogP contribution in [0.5, 0.6) is 0 Å². The minimum absolute atomic E-state index is 0.626. The summed E-state index contributed by atoms with van der Waals surface area (Å²) in [6.07, 6.45) is -32.1. The lowest BCUT2D eigenvalue weighted by molar-refractivity contribution is -0.427. The van der Waals surface area contributed by atoms with Crippen LogP contribution in [-0.4, -0.2) is 97.3 Å². The van der Waals surface area contributed by atoms with E-state index in [-0.39, 0.29) is 0 Å². The second kappa shape index (κ2) is 20.8. The molecule has 4 aromatic rings. The summed E-state index contributed by atoms with van der Waals surface area (Å²) in [4.78, 5) is 36.7. The molecule has 4 atom stereocenters. The molecule has 0 spiro atoms. The van der Waals surface area contributed by atoms with Crippen molar-refractivity contribution in [1.29, 1.82) is 0 Å². The zero-order valence-corrected chi connectivity index (χ0v) is 37.0. The summed E-state index contributed by atoms with van der Waals surface area (Å²) >= 11 is 0. The van der Waals surface area contributed by atoms with Crippen LogP contribution in [0.3, 0.4) is 0 Å². The van der Waals surface area contributed by atoms with Gasteiger partial charge in [0.2, 0.25) is 0 Å². The summed E-state index contributed by atoms with van der Waals surface area (Å²) in [7, 11) is -11.6. The van der Waals surface area contributed by atoms with Gasteiger partial charge in [-0.1, -0.05) is 121 Å². The summed E-state index contributed by atoms with van der Waals surface area (Å²) in [6.45, 7) is 6.31. The van der Waals surface area contributed by atoms with Crippen LogP contribution in [0.15, 0.2) is 121 Å². The lowest BCUT2D eigenvalue weighted by Gasteiger charge is -2.48. The van der Waals surface area contributed by atoms with Gasteiger partial charge in [-0.05, 0) is 49.9 Å². The fourth-order valence-corrected chi connectivity index (χ4v) is 7.05. The third-order valence-corrected chi connectivity index (χ3v) is 11.1. The second-order valence-corrected chi connectivity index (χ2v) is 18.0. The SMILES string of the molecule is CC(C)(O)C(C)(C)O.O=P(O)(O)O[C@@H](c1ccccc1)[C@](O)(c1ccccc1)C(O)(C(F)(F)F)C(F)(F)F.O=P(O)(O)O[C@H](c1ccccc1)[C@@](O)(c1ccccc1)C(O)(C(F)(F)F)C(F)(F)F. The molecule has 0 saturated heterocycles. The molecule has 0 unspecified atom stereocenters. The van der Waals surface area contributed by atoms with Crippen LogP contribution >= 0.6 is 15.6 Å². The fraction of sp³-hybridized carbons (Fsp3) is 0.400. The molecule has 4 rings (SSSR count). The predicted octanol–water partition coefficient (Wildman–Crippen LogP) is 7.69. The van der Waals surface area contributed by atoms with Gasteiger partial charge >= 0.3 is 40.4 Å². The van der Waals surface area contributed by atoms with Crippen molar-refractivity contribution in [2.24, 2.45) is 0 Å². The number of benzene rings is 4. The van der Waals surface area contributed by atoms with Crippen LogP contribution in [0.4, 0.5) is 52.7 Å². The molecule has 14 nitrogen and oxygen atoms in total. The second-order valence-electron chi connectivity index (χ2n) is 15.6. The van der Waals surface area contributed by atoms with Crippen LogP contribution in [0.1, 0.15) is 62.2 Å².